The highest BCUT2D eigenvalue weighted by Gasteiger charge is 2.00. The van der Waals surface area contributed by atoms with Gasteiger partial charge >= 0.3 is 0 Å². The highest BCUT2D eigenvalue weighted by molar-refractivity contribution is 14.1. The van der Waals surface area contributed by atoms with Crippen LogP contribution in [-0.2, 0) is 4.43 Å². The number of aldehydes is 1. The van der Waals surface area contributed by atoms with E-state index in [2.05, 4.69) is 27.6 Å². The smallest absolute Gasteiger partial charge is 0.151 e. The van der Waals surface area contributed by atoms with E-state index in [1.807, 2.05) is 0 Å². The minimum Gasteiger partial charge on any atom is -0.298 e. The number of carbonyl (C=O) groups is 1. The normalized spacial score (nSPS) is 9.64. The van der Waals surface area contributed by atoms with Gasteiger partial charge in [-0.3, -0.25) is 9.78 Å². The van der Waals surface area contributed by atoms with Crippen LogP contribution >= 0.6 is 34.2 Å². The summed E-state index contributed by atoms with van der Waals surface area (Å²) >= 11 is 7.95. The Morgan fingerprint density at radius 2 is 2.45 bits per heavy atom. The van der Waals surface area contributed by atoms with Crippen LogP contribution in [0.1, 0.15) is 16.1 Å². The van der Waals surface area contributed by atoms with Gasteiger partial charge in [-0.15, -0.1) is 0 Å². The summed E-state index contributed by atoms with van der Waals surface area (Å²) in [5.41, 5.74) is 1.33. The van der Waals surface area contributed by atoms with Crippen molar-refractivity contribution in [2.24, 2.45) is 0 Å². The first-order chi connectivity index (χ1) is 5.27. The second kappa shape index (κ2) is 4.01. The van der Waals surface area contributed by atoms with Crippen molar-refractivity contribution in [3.8, 4) is 0 Å². The Morgan fingerprint density at radius 3 is 2.91 bits per heavy atom. The zero-order valence-electron chi connectivity index (χ0n) is 5.55. The first kappa shape index (κ1) is 8.93. The fourth-order valence-electron chi connectivity index (χ4n) is 0.644. The molecular formula is C7H5ClINO. The number of halogens is 2. The molecule has 0 aliphatic rings. The standard InChI is InChI=1S/C7H5ClINO/c8-6-1-5(4-11)3-10-7(6)2-9/h1,3-4H,2H2. The predicted molar refractivity (Wildman–Crippen MR) is 52.4 cm³/mol. The number of nitrogens with zero attached hydrogens (tertiary/aromatic N) is 1. The summed E-state index contributed by atoms with van der Waals surface area (Å²) < 4.78 is 0.760. The minimum absolute atomic E-state index is 0.517. The van der Waals surface area contributed by atoms with Gasteiger partial charge in [0.1, 0.15) is 0 Å². The second-order valence-corrected chi connectivity index (χ2v) is 3.12. The van der Waals surface area contributed by atoms with Gasteiger partial charge in [-0.1, -0.05) is 34.2 Å². The molecule has 1 rings (SSSR count). The third-order valence-electron chi connectivity index (χ3n) is 1.20. The van der Waals surface area contributed by atoms with Crippen LogP contribution in [0.4, 0.5) is 0 Å². The summed E-state index contributed by atoms with van der Waals surface area (Å²) in [6.07, 6.45) is 2.25. The van der Waals surface area contributed by atoms with E-state index in [0.29, 0.717) is 10.6 Å². The molecule has 0 amide bonds. The minimum atomic E-state index is 0.517. The number of hydrogen-bond acceptors (Lipinski definition) is 2. The SMILES string of the molecule is O=Cc1cnc(CI)c(Cl)c1. The van der Waals surface area contributed by atoms with Crippen LogP contribution in [0.15, 0.2) is 12.3 Å². The summed E-state index contributed by atoms with van der Waals surface area (Å²) in [5.74, 6) is 0. The number of pyridine rings is 1. The third-order valence-corrected chi connectivity index (χ3v) is 2.25. The van der Waals surface area contributed by atoms with Crippen molar-refractivity contribution in [1.82, 2.24) is 4.98 Å². The lowest BCUT2D eigenvalue weighted by Gasteiger charge is -1.97. The Labute approximate surface area is 83.1 Å². The molecule has 0 saturated carbocycles. The monoisotopic (exact) mass is 281 g/mol. The molecule has 4 heteroatoms. The van der Waals surface area contributed by atoms with Gasteiger partial charge in [0, 0.05) is 16.2 Å². The Bertz CT molecular complexity index is 277. The zero-order valence-corrected chi connectivity index (χ0v) is 8.46. The summed E-state index contributed by atoms with van der Waals surface area (Å²) in [6, 6.07) is 1.62. The fraction of sp³-hybridized carbons (Fsp3) is 0.143. The second-order valence-electron chi connectivity index (χ2n) is 1.95. The van der Waals surface area contributed by atoms with Gasteiger partial charge in [-0.2, -0.15) is 0 Å². The lowest BCUT2D eigenvalue weighted by Crippen LogP contribution is -1.89. The summed E-state index contributed by atoms with van der Waals surface area (Å²) in [7, 11) is 0. The van der Waals surface area contributed by atoms with E-state index in [1.54, 1.807) is 6.07 Å². The Kier molecular flexibility index (Phi) is 3.26. The van der Waals surface area contributed by atoms with Crippen LogP contribution in [0.3, 0.4) is 0 Å². The van der Waals surface area contributed by atoms with Crippen molar-refractivity contribution in [3.63, 3.8) is 0 Å². The van der Waals surface area contributed by atoms with Gasteiger partial charge in [-0.05, 0) is 6.07 Å². The van der Waals surface area contributed by atoms with E-state index < -0.39 is 0 Å². The first-order valence-electron chi connectivity index (χ1n) is 2.93. The molecule has 0 radical (unpaired) electrons. The van der Waals surface area contributed by atoms with Crippen LogP contribution in [0.5, 0.6) is 0 Å². The Balaban J connectivity index is 3.09. The van der Waals surface area contributed by atoms with Crippen LogP contribution in [0.2, 0.25) is 5.02 Å². The first-order valence-corrected chi connectivity index (χ1v) is 4.84. The van der Waals surface area contributed by atoms with Crippen molar-refractivity contribution >= 4 is 40.5 Å². The Hall–Kier alpha value is -0.160. The van der Waals surface area contributed by atoms with E-state index in [-0.39, 0.29) is 0 Å². The third kappa shape index (κ3) is 2.13. The van der Waals surface area contributed by atoms with E-state index in [4.69, 9.17) is 11.6 Å². The maximum Gasteiger partial charge on any atom is 0.151 e. The number of aromatic nitrogens is 1. The average molecular weight is 281 g/mol. The van der Waals surface area contributed by atoms with Crippen LogP contribution in [-0.4, -0.2) is 11.3 Å². The Morgan fingerprint density at radius 1 is 1.73 bits per heavy atom. The highest BCUT2D eigenvalue weighted by atomic mass is 127. The molecule has 0 fully saturated rings. The molecule has 0 aliphatic carbocycles. The predicted octanol–water partition coefficient (Wildman–Crippen LogP) is 2.48. The van der Waals surface area contributed by atoms with Gasteiger partial charge in [0.25, 0.3) is 0 Å². The summed E-state index contributed by atoms with van der Waals surface area (Å²) in [6.45, 7) is 0. The van der Waals surface area contributed by atoms with E-state index >= 15 is 0 Å². The topological polar surface area (TPSA) is 30.0 Å². The molecule has 1 aromatic rings. The lowest BCUT2D eigenvalue weighted by atomic mass is 10.3. The molecule has 1 heterocycles. The molecule has 2 nitrogen and oxygen atoms in total. The molecule has 58 valence electrons. The molecule has 0 aliphatic heterocycles. The molecule has 0 bridgehead atoms. The lowest BCUT2D eigenvalue weighted by molar-refractivity contribution is 0.112. The molecule has 0 spiro atoms. The highest BCUT2D eigenvalue weighted by Crippen LogP contribution is 2.16. The molecule has 0 aromatic carbocycles. The number of alkyl halides is 1. The molecule has 0 saturated heterocycles. The van der Waals surface area contributed by atoms with Crippen LogP contribution in [0.25, 0.3) is 0 Å². The van der Waals surface area contributed by atoms with Gasteiger partial charge < -0.3 is 0 Å². The van der Waals surface area contributed by atoms with E-state index in [0.717, 1.165) is 16.4 Å². The molecule has 0 atom stereocenters. The van der Waals surface area contributed by atoms with Crippen molar-refractivity contribution in [1.29, 1.82) is 0 Å². The largest absolute Gasteiger partial charge is 0.298 e. The van der Waals surface area contributed by atoms with Crippen molar-refractivity contribution in [3.05, 3.63) is 28.5 Å². The summed E-state index contributed by atoms with van der Waals surface area (Å²) in [5, 5.41) is 0.559. The van der Waals surface area contributed by atoms with Crippen molar-refractivity contribution in [2.75, 3.05) is 0 Å². The van der Waals surface area contributed by atoms with Gasteiger partial charge in [0.2, 0.25) is 0 Å². The van der Waals surface area contributed by atoms with Crippen LogP contribution < -0.4 is 0 Å². The molecular weight excluding hydrogens is 276 g/mol. The van der Waals surface area contributed by atoms with Gasteiger partial charge in [-0.25, -0.2) is 0 Å². The van der Waals surface area contributed by atoms with Gasteiger partial charge in [0.05, 0.1) is 10.7 Å². The van der Waals surface area contributed by atoms with Crippen LogP contribution in [0, 0.1) is 0 Å². The molecule has 0 N–H and O–H groups in total. The maximum absolute atomic E-state index is 10.3. The number of rotatable bonds is 2. The molecule has 1 aromatic heterocycles. The number of hydrogen-bond donors (Lipinski definition) is 0. The number of carbonyl (C=O) groups excluding carboxylic acids is 1. The van der Waals surface area contributed by atoms with Crippen molar-refractivity contribution < 1.29 is 4.79 Å². The molecule has 0 unspecified atom stereocenters. The summed E-state index contributed by atoms with van der Waals surface area (Å²) in [4.78, 5) is 14.3. The quantitative estimate of drug-likeness (QED) is 0.473. The average Bonchev–Trinajstić information content (AvgIpc) is 2.04. The van der Waals surface area contributed by atoms with Crippen molar-refractivity contribution in [2.45, 2.75) is 4.43 Å². The molecule has 11 heavy (non-hydrogen) atoms. The maximum atomic E-state index is 10.3. The van der Waals surface area contributed by atoms with E-state index in [1.165, 1.54) is 6.20 Å². The van der Waals surface area contributed by atoms with Gasteiger partial charge in [0.15, 0.2) is 6.29 Å². The zero-order chi connectivity index (χ0) is 8.27. The van der Waals surface area contributed by atoms with E-state index in [9.17, 15) is 4.79 Å². The fourth-order valence-corrected chi connectivity index (χ4v) is 1.72.